The molecule has 0 aliphatic rings. The van der Waals surface area contributed by atoms with Crippen molar-refractivity contribution in [2.45, 2.75) is 26.9 Å². The lowest BCUT2D eigenvalue weighted by atomic mass is 10.1. The summed E-state index contributed by atoms with van der Waals surface area (Å²) in [5.41, 5.74) is 1.95. The average molecular weight is 288 g/mol. The number of benzene rings is 2. The van der Waals surface area contributed by atoms with Crippen LogP contribution in [0.2, 0.25) is 0 Å². The van der Waals surface area contributed by atoms with Gasteiger partial charge in [0.05, 0.1) is 0 Å². The maximum Gasteiger partial charge on any atom is 0.352 e. The van der Waals surface area contributed by atoms with E-state index in [0.29, 0.717) is 11.5 Å². The van der Waals surface area contributed by atoms with Crippen molar-refractivity contribution in [1.29, 1.82) is 0 Å². The molecule has 0 radical (unpaired) electrons. The third-order valence-corrected chi connectivity index (χ3v) is 3.21. The second kappa shape index (κ2) is 6.39. The summed E-state index contributed by atoms with van der Waals surface area (Å²) in [6, 6.07) is 11.1. The second-order valence-electron chi connectivity index (χ2n) is 4.84. The van der Waals surface area contributed by atoms with Crippen molar-refractivity contribution in [3.8, 4) is 11.5 Å². The zero-order valence-corrected chi connectivity index (χ0v) is 12.2. The van der Waals surface area contributed by atoms with E-state index in [-0.39, 0.29) is 0 Å². The molecule has 4 heteroatoms. The highest BCUT2D eigenvalue weighted by Crippen LogP contribution is 2.21. The minimum Gasteiger partial charge on any atom is -0.479 e. The molecule has 1 atom stereocenters. The molecule has 0 saturated carbocycles. The summed E-state index contributed by atoms with van der Waals surface area (Å²) < 4.78 is 23.8. The molecule has 0 aliphatic heterocycles. The van der Waals surface area contributed by atoms with E-state index in [1.54, 1.807) is 19.1 Å². The lowest BCUT2D eigenvalue weighted by molar-refractivity contribution is -0.141. The molecule has 2 aromatic rings. The van der Waals surface area contributed by atoms with Gasteiger partial charge in [0.15, 0.2) is 6.10 Å². The molecule has 1 unspecified atom stereocenters. The molecule has 0 saturated heterocycles. The van der Waals surface area contributed by atoms with Crippen LogP contribution in [0.4, 0.5) is 4.39 Å². The predicted octanol–water partition coefficient (Wildman–Crippen LogP) is 3.82. The maximum atomic E-state index is 13.1. The molecule has 3 nitrogen and oxygen atoms in total. The zero-order chi connectivity index (χ0) is 15.4. The first-order valence-electron chi connectivity index (χ1n) is 6.67. The molecule has 0 fully saturated rings. The summed E-state index contributed by atoms with van der Waals surface area (Å²) in [7, 11) is 0. The number of carbonyl (C=O) groups is 1. The Bertz CT molecular complexity index is 652. The fourth-order valence-corrected chi connectivity index (χ4v) is 1.82. The first-order chi connectivity index (χ1) is 9.97. The molecule has 2 aromatic carbocycles. The zero-order valence-electron chi connectivity index (χ0n) is 12.2. The fourth-order valence-electron chi connectivity index (χ4n) is 1.82. The van der Waals surface area contributed by atoms with E-state index in [9.17, 15) is 9.18 Å². The van der Waals surface area contributed by atoms with Gasteiger partial charge in [-0.2, -0.15) is 0 Å². The number of halogens is 1. The number of esters is 1. The Morgan fingerprint density at radius 2 is 1.86 bits per heavy atom. The van der Waals surface area contributed by atoms with E-state index < -0.39 is 17.9 Å². The Balaban J connectivity index is 2.04. The van der Waals surface area contributed by atoms with E-state index in [1.165, 1.54) is 18.2 Å². The smallest absolute Gasteiger partial charge is 0.352 e. The maximum absolute atomic E-state index is 13.1. The molecule has 21 heavy (non-hydrogen) atoms. The van der Waals surface area contributed by atoms with E-state index in [1.807, 2.05) is 26.0 Å². The van der Waals surface area contributed by atoms with Crippen LogP contribution >= 0.6 is 0 Å². The van der Waals surface area contributed by atoms with Crippen molar-refractivity contribution < 1.29 is 18.7 Å². The van der Waals surface area contributed by atoms with Gasteiger partial charge in [-0.3, -0.25) is 0 Å². The van der Waals surface area contributed by atoms with Gasteiger partial charge in [-0.15, -0.1) is 0 Å². The van der Waals surface area contributed by atoms with Crippen LogP contribution in [0.3, 0.4) is 0 Å². The van der Waals surface area contributed by atoms with Crippen molar-refractivity contribution in [1.82, 2.24) is 0 Å². The molecule has 0 amide bonds. The Kier molecular flexibility index (Phi) is 4.58. The SMILES string of the molecule is Cc1cccc(OC(=O)C(C)Oc2cccc(F)c2)c1C. The fraction of sp³-hybridized carbons (Fsp3) is 0.235. The Hall–Kier alpha value is -2.36. The first-order valence-corrected chi connectivity index (χ1v) is 6.67. The molecule has 0 bridgehead atoms. The van der Waals surface area contributed by atoms with Crippen LogP contribution in [0.1, 0.15) is 18.1 Å². The molecule has 0 aromatic heterocycles. The number of carbonyl (C=O) groups excluding carboxylic acids is 1. The van der Waals surface area contributed by atoms with E-state index in [0.717, 1.165) is 11.1 Å². The van der Waals surface area contributed by atoms with E-state index >= 15 is 0 Å². The van der Waals surface area contributed by atoms with Crippen LogP contribution in [-0.4, -0.2) is 12.1 Å². The third-order valence-electron chi connectivity index (χ3n) is 3.21. The quantitative estimate of drug-likeness (QED) is 0.634. The third kappa shape index (κ3) is 3.81. The minimum absolute atomic E-state index is 0.292. The number of hydrogen-bond donors (Lipinski definition) is 0. The normalized spacial score (nSPS) is 11.8. The first kappa shape index (κ1) is 15.0. The van der Waals surface area contributed by atoms with Crippen molar-refractivity contribution >= 4 is 5.97 Å². The molecule has 0 N–H and O–H groups in total. The number of hydrogen-bond acceptors (Lipinski definition) is 3. The van der Waals surface area contributed by atoms with Crippen molar-refractivity contribution in [3.63, 3.8) is 0 Å². The van der Waals surface area contributed by atoms with Crippen LogP contribution in [-0.2, 0) is 4.79 Å². The molecule has 0 aliphatic carbocycles. The van der Waals surface area contributed by atoms with Gasteiger partial charge in [-0.05, 0) is 50.1 Å². The summed E-state index contributed by atoms with van der Waals surface area (Å²) in [5, 5.41) is 0. The van der Waals surface area contributed by atoms with Crippen LogP contribution < -0.4 is 9.47 Å². The van der Waals surface area contributed by atoms with E-state index in [4.69, 9.17) is 9.47 Å². The summed E-state index contributed by atoms with van der Waals surface area (Å²) in [6.07, 6.45) is -0.827. The van der Waals surface area contributed by atoms with Crippen LogP contribution in [0, 0.1) is 19.7 Å². The molecule has 0 spiro atoms. The van der Waals surface area contributed by atoms with Gasteiger partial charge in [0.2, 0.25) is 0 Å². The monoisotopic (exact) mass is 288 g/mol. The Morgan fingerprint density at radius 1 is 1.14 bits per heavy atom. The van der Waals surface area contributed by atoms with Crippen LogP contribution in [0.15, 0.2) is 42.5 Å². The van der Waals surface area contributed by atoms with Crippen molar-refractivity contribution in [2.24, 2.45) is 0 Å². The van der Waals surface area contributed by atoms with Crippen molar-refractivity contribution in [3.05, 3.63) is 59.4 Å². The molecule has 0 heterocycles. The average Bonchev–Trinajstić information content (AvgIpc) is 2.44. The highest BCUT2D eigenvalue weighted by Gasteiger charge is 2.18. The topological polar surface area (TPSA) is 35.5 Å². The predicted molar refractivity (Wildman–Crippen MR) is 78.0 cm³/mol. The summed E-state index contributed by atoms with van der Waals surface area (Å²) >= 11 is 0. The number of ether oxygens (including phenoxy) is 2. The van der Waals surface area contributed by atoms with Gasteiger partial charge in [0.25, 0.3) is 0 Å². The van der Waals surface area contributed by atoms with Gasteiger partial charge in [-0.1, -0.05) is 18.2 Å². The largest absolute Gasteiger partial charge is 0.479 e. The van der Waals surface area contributed by atoms with Gasteiger partial charge < -0.3 is 9.47 Å². The van der Waals surface area contributed by atoms with Gasteiger partial charge in [0.1, 0.15) is 17.3 Å². The number of aryl methyl sites for hydroxylation is 1. The van der Waals surface area contributed by atoms with Crippen LogP contribution in [0.25, 0.3) is 0 Å². The highest BCUT2D eigenvalue weighted by molar-refractivity contribution is 5.77. The van der Waals surface area contributed by atoms with Crippen LogP contribution in [0.5, 0.6) is 11.5 Å². The Morgan fingerprint density at radius 3 is 2.57 bits per heavy atom. The lowest BCUT2D eigenvalue weighted by Gasteiger charge is -2.15. The molecular weight excluding hydrogens is 271 g/mol. The molecule has 2 rings (SSSR count). The van der Waals surface area contributed by atoms with Crippen molar-refractivity contribution in [2.75, 3.05) is 0 Å². The second-order valence-corrected chi connectivity index (χ2v) is 4.84. The van der Waals surface area contributed by atoms with E-state index in [2.05, 4.69) is 0 Å². The molecular formula is C17H17FO3. The minimum atomic E-state index is -0.827. The number of rotatable bonds is 4. The van der Waals surface area contributed by atoms with Gasteiger partial charge in [0, 0.05) is 6.07 Å². The summed E-state index contributed by atoms with van der Waals surface area (Å²) in [6.45, 7) is 5.40. The summed E-state index contributed by atoms with van der Waals surface area (Å²) in [5.74, 6) is -0.134. The van der Waals surface area contributed by atoms with Gasteiger partial charge >= 0.3 is 5.97 Å². The Labute approximate surface area is 123 Å². The molecule has 110 valence electrons. The van der Waals surface area contributed by atoms with Gasteiger partial charge in [-0.25, -0.2) is 9.18 Å². The lowest BCUT2D eigenvalue weighted by Crippen LogP contribution is -2.28. The highest BCUT2D eigenvalue weighted by atomic mass is 19.1. The standard InChI is InChI=1S/C17H17FO3/c1-11-6-4-9-16(12(11)2)21-17(19)13(3)20-15-8-5-7-14(18)10-15/h4-10,13H,1-3H3. The summed E-state index contributed by atoms with van der Waals surface area (Å²) in [4.78, 5) is 12.0.